The van der Waals surface area contributed by atoms with Gasteiger partial charge in [-0.25, -0.2) is 0 Å². The van der Waals surface area contributed by atoms with E-state index in [9.17, 15) is 4.79 Å². The minimum Gasteiger partial charge on any atom is -0.320 e. The summed E-state index contributed by atoms with van der Waals surface area (Å²) in [7, 11) is 0. The molecule has 0 spiro atoms. The summed E-state index contributed by atoms with van der Waals surface area (Å²) < 4.78 is 0.657. The number of carbonyl (C=O) groups excluding carboxylic acids is 1. The summed E-state index contributed by atoms with van der Waals surface area (Å²) in [6, 6.07) is 5.27. The molecule has 0 aliphatic heterocycles. The second-order valence-electron chi connectivity index (χ2n) is 3.62. The van der Waals surface area contributed by atoms with Gasteiger partial charge >= 0.3 is 0 Å². The minimum atomic E-state index is -0.235. The third kappa shape index (κ3) is 2.72. The number of hydrogen-bond acceptors (Lipinski definition) is 2. The summed E-state index contributed by atoms with van der Waals surface area (Å²) in [4.78, 5) is 12.6. The van der Waals surface area contributed by atoms with Crippen LogP contribution in [0.1, 0.15) is 15.2 Å². The van der Waals surface area contributed by atoms with Crippen LogP contribution in [0, 0.1) is 6.92 Å². The van der Waals surface area contributed by atoms with Gasteiger partial charge in [0.15, 0.2) is 0 Å². The molecule has 0 saturated heterocycles. The molecule has 0 atom stereocenters. The molecule has 1 N–H and O–H groups in total. The van der Waals surface area contributed by atoms with Gasteiger partial charge in [-0.05, 0) is 45.9 Å². The Hall–Kier alpha value is -0.550. The van der Waals surface area contributed by atoms with Crippen LogP contribution in [0.5, 0.6) is 0 Å². The molecule has 0 bridgehead atoms. The summed E-state index contributed by atoms with van der Waals surface area (Å²) in [5, 5.41) is 5.67. The summed E-state index contributed by atoms with van der Waals surface area (Å²) in [6.07, 6.45) is 0. The molecular formula is C12H8BrCl2NOS. The van der Waals surface area contributed by atoms with Gasteiger partial charge in [-0.3, -0.25) is 4.79 Å². The highest BCUT2D eigenvalue weighted by molar-refractivity contribution is 9.10. The lowest BCUT2D eigenvalue weighted by atomic mass is 10.3. The van der Waals surface area contributed by atoms with E-state index < -0.39 is 0 Å². The van der Waals surface area contributed by atoms with Crippen LogP contribution in [0.15, 0.2) is 28.1 Å². The molecule has 18 heavy (non-hydrogen) atoms. The normalized spacial score (nSPS) is 10.4. The number of thiophene rings is 1. The molecule has 0 fully saturated rings. The van der Waals surface area contributed by atoms with Gasteiger partial charge < -0.3 is 5.32 Å². The molecule has 2 nitrogen and oxygen atoms in total. The fourth-order valence-electron chi connectivity index (χ4n) is 1.36. The van der Waals surface area contributed by atoms with Crippen molar-refractivity contribution in [2.24, 2.45) is 0 Å². The first-order chi connectivity index (χ1) is 8.50. The van der Waals surface area contributed by atoms with E-state index in [4.69, 9.17) is 23.2 Å². The van der Waals surface area contributed by atoms with Crippen molar-refractivity contribution >= 4 is 62.1 Å². The Morgan fingerprint density at radius 3 is 2.72 bits per heavy atom. The van der Waals surface area contributed by atoms with E-state index in [0.29, 0.717) is 25.1 Å². The average molecular weight is 365 g/mol. The van der Waals surface area contributed by atoms with Crippen molar-refractivity contribution in [1.82, 2.24) is 0 Å². The third-order valence-electron chi connectivity index (χ3n) is 2.31. The first-order valence-corrected chi connectivity index (χ1v) is 7.42. The quantitative estimate of drug-likeness (QED) is 0.761. The standard InChI is InChI=1S/C12H8BrCl2NOS/c1-6-5-18-11(10(6)15)12(17)16-8-4-2-3-7(14)9(8)13/h2-5H,1H3,(H,16,17). The number of nitrogens with one attached hydrogen (secondary N) is 1. The zero-order chi connectivity index (χ0) is 13.3. The average Bonchev–Trinajstić information content (AvgIpc) is 2.66. The first-order valence-electron chi connectivity index (χ1n) is 4.99. The molecule has 0 unspecified atom stereocenters. The fourth-order valence-corrected chi connectivity index (χ4v) is 3.07. The Balaban J connectivity index is 2.27. The van der Waals surface area contributed by atoms with Crippen LogP contribution < -0.4 is 5.32 Å². The predicted molar refractivity (Wildman–Crippen MR) is 81.2 cm³/mol. The SMILES string of the molecule is Cc1csc(C(=O)Nc2cccc(Cl)c2Br)c1Cl. The van der Waals surface area contributed by atoms with Gasteiger partial charge in [0.25, 0.3) is 5.91 Å². The largest absolute Gasteiger partial charge is 0.320 e. The second kappa shape index (κ2) is 5.61. The van der Waals surface area contributed by atoms with E-state index in [1.165, 1.54) is 11.3 Å². The number of aryl methyl sites for hydroxylation is 1. The summed E-state index contributed by atoms with van der Waals surface area (Å²) in [6.45, 7) is 1.87. The van der Waals surface area contributed by atoms with Gasteiger partial charge in [0.1, 0.15) is 4.88 Å². The van der Waals surface area contributed by atoms with Crippen LogP contribution >= 0.6 is 50.5 Å². The van der Waals surface area contributed by atoms with Crippen molar-refractivity contribution in [2.75, 3.05) is 5.32 Å². The number of anilines is 1. The molecule has 1 heterocycles. The van der Waals surface area contributed by atoms with Crippen LogP contribution in [0.3, 0.4) is 0 Å². The Morgan fingerprint density at radius 1 is 1.39 bits per heavy atom. The van der Waals surface area contributed by atoms with Gasteiger partial charge in [0.2, 0.25) is 0 Å². The molecule has 2 rings (SSSR count). The van der Waals surface area contributed by atoms with Crippen LogP contribution in [-0.2, 0) is 0 Å². The van der Waals surface area contributed by atoms with E-state index in [1.807, 2.05) is 12.3 Å². The number of rotatable bonds is 2. The van der Waals surface area contributed by atoms with Crippen LogP contribution in [0.25, 0.3) is 0 Å². The van der Waals surface area contributed by atoms with Gasteiger partial charge in [0, 0.05) is 0 Å². The van der Waals surface area contributed by atoms with E-state index >= 15 is 0 Å². The lowest BCUT2D eigenvalue weighted by Crippen LogP contribution is -2.11. The molecule has 2 aromatic rings. The summed E-state index contributed by atoms with van der Waals surface area (Å²) >= 11 is 16.7. The maximum Gasteiger partial charge on any atom is 0.267 e. The monoisotopic (exact) mass is 363 g/mol. The molecule has 0 saturated carbocycles. The van der Waals surface area contributed by atoms with Crippen molar-refractivity contribution in [1.29, 1.82) is 0 Å². The van der Waals surface area contributed by atoms with Gasteiger partial charge in [0.05, 0.1) is 20.2 Å². The van der Waals surface area contributed by atoms with Crippen LogP contribution in [0.2, 0.25) is 10.0 Å². The molecule has 6 heteroatoms. The topological polar surface area (TPSA) is 29.1 Å². The highest BCUT2D eigenvalue weighted by Gasteiger charge is 2.16. The van der Waals surface area contributed by atoms with Crippen LogP contribution in [-0.4, -0.2) is 5.91 Å². The van der Waals surface area contributed by atoms with Crippen molar-refractivity contribution < 1.29 is 4.79 Å². The van der Waals surface area contributed by atoms with Crippen molar-refractivity contribution in [3.05, 3.63) is 48.5 Å². The Kier molecular flexibility index (Phi) is 4.33. The van der Waals surface area contributed by atoms with Crippen molar-refractivity contribution in [3.8, 4) is 0 Å². The number of halogens is 3. The molecule has 1 aromatic heterocycles. The van der Waals surface area contributed by atoms with Crippen molar-refractivity contribution in [3.63, 3.8) is 0 Å². The number of benzene rings is 1. The van der Waals surface area contributed by atoms with Crippen molar-refractivity contribution in [2.45, 2.75) is 6.92 Å². The van der Waals surface area contributed by atoms with Gasteiger partial charge in [-0.15, -0.1) is 11.3 Å². The molecular weight excluding hydrogens is 357 g/mol. The zero-order valence-electron chi connectivity index (χ0n) is 9.26. The number of hydrogen-bond donors (Lipinski definition) is 1. The molecule has 94 valence electrons. The van der Waals surface area contributed by atoms with Gasteiger partial charge in [-0.2, -0.15) is 0 Å². The van der Waals surface area contributed by atoms with Crippen LogP contribution in [0.4, 0.5) is 5.69 Å². The minimum absolute atomic E-state index is 0.235. The summed E-state index contributed by atoms with van der Waals surface area (Å²) in [5.41, 5.74) is 1.52. The zero-order valence-corrected chi connectivity index (χ0v) is 13.2. The number of carbonyl (C=O) groups is 1. The molecule has 1 aromatic carbocycles. The maximum absolute atomic E-state index is 12.1. The second-order valence-corrected chi connectivity index (χ2v) is 6.08. The van der Waals surface area contributed by atoms with E-state index in [0.717, 1.165) is 5.56 Å². The predicted octanol–water partition coefficient (Wildman–Crippen LogP) is 5.38. The fraction of sp³-hybridized carbons (Fsp3) is 0.0833. The Labute approximate surface area is 127 Å². The van der Waals surface area contributed by atoms with E-state index in [2.05, 4.69) is 21.2 Å². The lowest BCUT2D eigenvalue weighted by molar-refractivity contribution is 0.103. The maximum atomic E-state index is 12.1. The Morgan fingerprint density at radius 2 is 2.11 bits per heavy atom. The van der Waals surface area contributed by atoms with E-state index in [1.54, 1.807) is 18.2 Å². The summed E-state index contributed by atoms with van der Waals surface area (Å²) in [5.74, 6) is -0.235. The molecule has 0 aliphatic carbocycles. The van der Waals surface area contributed by atoms with E-state index in [-0.39, 0.29) is 5.91 Å². The highest BCUT2D eigenvalue weighted by Crippen LogP contribution is 2.32. The molecule has 1 amide bonds. The molecule has 0 aliphatic rings. The third-order valence-corrected chi connectivity index (χ3v) is 5.40. The molecule has 0 radical (unpaired) electrons. The highest BCUT2D eigenvalue weighted by atomic mass is 79.9. The van der Waals surface area contributed by atoms with Gasteiger partial charge in [-0.1, -0.05) is 29.3 Å². The number of amides is 1. The lowest BCUT2D eigenvalue weighted by Gasteiger charge is -2.07. The Bertz CT molecular complexity index is 612. The first kappa shape index (κ1) is 13.9. The smallest absolute Gasteiger partial charge is 0.267 e.